The Kier molecular flexibility index (Phi) is 5.03. The van der Waals surface area contributed by atoms with E-state index in [4.69, 9.17) is 11.6 Å². The third-order valence-corrected chi connectivity index (χ3v) is 3.93. The van der Waals surface area contributed by atoms with Crippen LogP contribution in [0.2, 0.25) is 0 Å². The van der Waals surface area contributed by atoms with Crippen molar-refractivity contribution < 1.29 is 4.79 Å². The van der Waals surface area contributed by atoms with Gasteiger partial charge in [0.05, 0.1) is 6.54 Å². The predicted molar refractivity (Wildman–Crippen MR) is 89.0 cm³/mol. The fraction of sp³-hybridized carbons (Fsp3) is 0.278. The summed E-state index contributed by atoms with van der Waals surface area (Å²) in [5.41, 5.74) is 5.51. The molecule has 0 radical (unpaired) electrons. The molecule has 0 N–H and O–H groups in total. The number of carbonyl (C=O) groups is 1. The highest BCUT2D eigenvalue weighted by atomic mass is 35.5. The lowest BCUT2D eigenvalue weighted by Gasteiger charge is -2.25. The van der Waals surface area contributed by atoms with E-state index >= 15 is 0 Å². The molecule has 2 aromatic rings. The molecule has 0 aliphatic heterocycles. The van der Waals surface area contributed by atoms with E-state index in [1.165, 1.54) is 11.1 Å². The first-order valence-electron chi connectivity index (χ1n) is 7.01. The van der Waals surface area contributed by atoms with Crippen molar-refractivity contribution in [1.82, 2.24) is 0 Å². The first kappa shape index (κ1) is 15.6. The van der Waals surface area contributed by atoms with E-state index in [1.807, 2.05) is 31.2 Å². The number of nitrogens with zero attached hydrogens (tertiary/aromatic N) is 1. The summed E-state index contributed by atoms with van der Waals surface area (Å²) < 4.78 is 0. The van der Waals surface area contributed by atoms with Crippen LogP contribution in [-0.2, 0) is 11.3 Å². The molecule has 0 fully saturated rings. The van der Waals surface area contributed by atoms with Crippen LogP contribution in [0.25, 0.3) is 0 Å². The minimum Gasteiger partial charge on any atom is -0.307 e. The SMILES string of the molecule is Cc1cccc(CN(C(=O)CCl)c2cccc(C)c2C)c1. The Hall–Kier alpha value is -1.80. The van der Waals surface area contributed by atoms with Crippen LogP contribution in [0.5, 0.6) is 0 Å². The van der Waals surface area contributed by atoms with Gasteiger partial charge in [0.25, 0.3) is 0 Å². The van der Waals surface area contributed by atoms with Crippen LogP contribution in [0.1, 0.15) is 22.3 Å². The Balaban J connectivity index is 2.39. The molecule has 2 nitrogen and oxygen atoms in total. The quantitative estimate of drug-likeness (QED) is 0.767. The van der Waals surface area contributed by atoms with Crippen molar-refractivity contribution in [3.63, 3.8) is 0 Å². The monoisotopic (exact) mass is 301 g/mol. The molecule has 0 atom stereocenters. The molecule has 0 saturated heterocycles. The number of aryl methyl sites for hydroxylation is 2. The lowest BCUT2D eigenvalue weighted by atomic mass is 10.1. The molecule has 0 spiro atoms. The van der Waals surface area contributed by atoms with Crippen molar-refractivity contribution in [2.24, 2.45) is 0 Å². The van der Waals surface area contributed by atoms with E-state index in [1.54, 1.807) is 4.90 Å². The summed E-state index contributed by atoms with van der Waals surface area (Å²) in [6.45, 7) is 6.68. The van der Waals surface area contributed by atoms with E-state index in [0.717, 1.165) is 16.8 Å². The molecule has 2 rings (SSSR count). The van der Waals surface area contributed by atoms with Crippen molar-refractivity contribution in [2.45, 2.75) is 27.3 Å². The lowest BCUT2D eigenvalue weighted by Crippen LogP contribution is -2.32. The molecule has 1 amide bonds. The average molecular weight is 302 g/mol. The summed E-state index contributed by atoms with van der Waals surface area (Å²) in [5.74, 6) is -0.0917. The van der Waals surface area contributed by atoms with Gasteiger partial charge in [-0.25, -0.2) is 0 Å². The summed E-state index contributed by atoms with van der Waals surface area (Å²) in [6, 6.07) is 14.2. The molecular weight excluding hydrogens is 282 g/mol. The molecule has 0 bridgehead atoms. The maximum Gasteiger partial charge on any atom is 0.242 e. The standard InChI is InChI=1S/C18H20ClNO/c1-13-6-4-8-16(10-13)12-20(18(21)11-19)17-9-5-7-14(2)15(17)3/h4-10H,11-12H2,1-3H3. The number of halogens is 1. The summed E-state index contributed by atoms with van der Waals surface area (Å²) in [5, 5.41) is 0. The second-order valence-corrected chi connectivity index (χ2v) is 5.59. The van der Waals surface area contributed by atoms with Gasteiger partial charge in [-0.15, -0.1) is 11.6 Å². The highest BCUT2D eigenvalue weighted by Crippen LogP contribution is 2.25. The smallest absolute Gasteiger partial charge is 0.242 e. The van der Waals surface area contributed by atoms with Crippen LogP contribution in [0.15, 0.2) is 42.5 Å². The molecule has 0 aliphatic rings. The first-order valence-corrected chi connectivity index (χ1v) is 7.54. The predicted octanol–water partition coefficient (Wildman–Crippen LogP) is 4.38. The molecule has 0 unspecified atom stereocenters. The highest BCUT2D eigenvalue weighted by Gasteiger charge is 2.17. The number of carbonyl (C=O) groups excluding carboxylic acids is 1. The van der Waals surface area contributed by atoms with Crippen LogP contribution >= 0.6 is 11.6 Å². The largest absolute Gasteiger partial charge is 0.307 e. The number of rotatable bonds is 4. The summed E-state index contributed by atoms with van der Waals surface area (Å²) in [6.07, 6.45) is 0. The molecule has 0 aliphatic carbocycles. The molecule has 0 aromatic heterocycles. The molecule has 21 heavy (non-hydrogen) atoms. The topological polar surface area (TPSA) is 20.3 Å². The lowest BCUT2D eigenvalue weighted by molar-refractivity contribution is -0.116. The third-order valence-electron chi connectivity index (χ3n) is 3.71. The number of anilines is 1. The van der Waals surface area contributed by atoms with E-state index in [-0.39, 0.29) is 11.8 Å². The number of benzene rings is 2. The second kappa shape index (κ2) is 6.77. The van der Waals surface area contributed by atoms with Gasteiger partial charge in [0.2, 0.25) is 5.91 Å². The summed E-state index contributed by atoms with van der Waals surface area (Å²) >= 11 is 5.80. The van der Waals surface area contributed by atoms with E-state index < -0.39 is 0 Å². The summed E-state index contributed by atoms with van der Waals surface area (Å²) in [4.78, 5) is 14.0. The van der Waals surface area contributed by atoms with Crippen LogP contribution in [-0.4, -0.2) is 11.8 Å². The van der Waals surface area contributed by atoms with Crippen molar-refractivity contribution in [1.29, 1.82) is 0 Å². The molecule has 0 saturated carbocycles. The van der Waals surface area contributed by atoms with Gasteiger partial charge in [0.15, 0.2) is 0 Å². The Bertz CT molecular complexity index is 651. The minimum absolute atomic E-state index is 0.0147. The van der Waals surface area contributed by atoms with Crippen molar-refractivity contribution in [3.05, 3.63) is 64.7 Å². The number of amides is 1. The molecule has 110 valence electrons. The van der Waals surface area contributed by atoms with Crippen LogP contribution in [0.4, 0.5) is 5.69 Å². The van der Waals surface area contributed by atoms with E-state index in [2.05, 4.69) is 32.0 Å². The normalized spacial score (nSPS) is 10.5. The van der Waals surface area contributed by atoms with Gasteiger partial charge in [0.1, 0.15) is 5.88 Å². The number of hydrogen-bond donors (Lipinski definition) is 0. The molecule has 2 aromatic carbocycles. The van der Waals surface area contributed by atoms with Gasteiger partial charge in [-0.3, -0.25) is 4.79 Å². The second-order valence-electron chi connectivity index (χ2n) is 5.32. The summed E-state index contributed by atoms with van der Waals surface area (Å²) in [7, 11) is 0. The molecule has 3 heteroatoms. The zero-order valence-electron chi connectivity index (χ0n) is 12.7. The fourth-order valence-electron chi connectivity index (χ4n) is 2.40. The van der Waals surface area contributed by atoms with Crippen LogP contribution < -0.4 is 4.90 Å². The van der Waals surface area contributed by atoms with Gasteiger partial charge in [-0.1, -0.05) is 42.0 Å². The van der Waals surface area contributed by atoms with Crippen molar-refractivity contribution >= 4 is 23.2 Å². The van der Waals surface area contributed by atoms with Gasteiger partial charge >= 0.3 is 0 Å². The van der Waals surface area contributed by atoms with Gasteiger partial charge < -0.3 is 4.90 Å². The first-order chi connectivity index (χ1) is 10.0. The average Bonchev–Trinajstić information content (AvgIpc) is 2.47. The molecule has 0 heterocycles. The molecular formula is C18H20ClNO. The number of hydrogen-bond acceptors (Lipinski definition) is 1. The Morgan fingerprint density at radius 2 is 1.81 bits per heavy atom. The zero-order chi connectivity index (χ0) is 15.4. The Morgan fingerprint density at radius 3 is 2.48 bits per heavy atom. The van der Waals surface area contributed by atoms with Crippen LogP contribution in [0.3, 0.4) is 0 Å². The van der Waals surface area contributed by atoms with Gasteiger partial charge in [-0.05, 0) is 43.5 Å². The zero-order valence-corrected chi connectivity index (χ0v) is 13.4. The number of alkyl halides is 1. The Labute approximate surface area is 131 Å². The maximum absolute atomic E-state index is 12.3. The third kappa shape index (κ3) is 3.64. The van der Waals surface area contributed by atoms with E-state index in [9.17, 15) is 4.79 Å². The van der Waals surface area contributed by atoms with Crippen molar-refractivity contribution in [2.75, 3.05) is 10.8 Å². The Morgan fingerprint density at radius 1 is 1.10 bits per heavy atom. The fourth-order valence-corrected chi connectivity index (χ4v) is 2.55. The van der Waals surface area contributed by atoms with Gasteiger partial charge in [-0.2, -0.15) is 0 Å². The van der Waals surface area contributed by atoms with Crippen molar-refractivity contribution in [3.8, 4) is 0 Å². The highest BCUT2D eigenvalue weighted by molar-refractivity contribution is 6.29. The maximum atomic E-state index is 12.3. The van der Waals surface area contributed by atoms with E-state index in [0.29, 0.717) is 6.54 Å². The van der Waals surface area contributed by atoms with Gasteiger partial charge in [0, 0.05) is 5.69 Å². The van der Waals surface area contributed by atoms with Crippen LogP contribution in [0, 0.1) is 20.8 Å². The minimum atomic E-state index is -0.0770.